The number of carbonyl (C=O) groups excluding carboxylic acids is 1. The zero-order chi connectivity index (χ0) is 13.8. The van der Waals surface area contributed by atoms with Crippen LogP contribution >= 0.6 is 11.6 Å². The Balaban J connectivity index is 1.94. The van der Waals surface area contributed by atoms with Gasteiger partial charge >= 0.3 is 0 Å². The summed E-state index contributed by atoms with van der Waals surface area (Å²) in [6.45, 7) is 0.468. The van der Waals surface area contributed by atoms with Gasteiger partial charge in [-0.2, -0.15) is 0 Å². The smallest absolute Gasteiger partial charge is 0.258 e. The Morgan fingerprint density at radius 3 is 2.95 bits per heavy atom. The van der Waals surface area contributed by atoms with E-state index in [9.17, 15) is 14.3 Å². The lowest BCUT2D eigenvalue weighted by molar-refractivity contribution is 0.0936. The van der Waals surface area contributed by atoms with Crippen LogP contribution in [0.25, 0.3) is 0 Å². The van der Waals surface area contributed by atoms with Gasteiger partial charge in [-0.05, 0) is 37.3 Å². The average molecular weight is 286 g/mol. The van der Waals surface area contributed by atoms with Crippen LogP contribution in [0.3, 0.4) is 0 Å². The molecular weight excluding hydrogens is 269 g/mol. The number of phenolic OH excluding ortho intramolecular Hbond substituents is 1. The fourth-order valence-electron chi connectivity index (χ4n) is 2.47. The molecule has 1 aliphatic carbocycles. The highest BCUT2D eigenvalue weighted by Gasteiger charge is 2.22. The minimum Gasteiger partial charge on any atom is -0.507 e. The molecule has 1 fully saturated rings. The molecule has 1 aromatic carbocycles. The number of carbonyl (C=O) groups is 1. The maximum atomic E-state index is 13.5. The lowest BCUT2D eigenvalue weighted by atomic mass is 9.89. The van der Waals surface area contributed by atoms with Crippen molar-refractivity contribution in [1.29, 1.82) is 0 Å². The largest absolute Gasteiger partial charge is 0.507 e. The van der Waals surface area contributed by atoms with E-state index in [1.165, 1.54) is 12.1 Å². The van der Waals surface area contributed by atoms with Crippen LogP contribution in [-0.2, 0) is 0 Å². The van der Waals surface area contributed by atoms with Crippen LogP contribution in [-0.4, -0.2) is 22.9 Å². The van der Waals surface area contributed by atoms with Crippen molar-refractivity contribution in [2.24, 2.45) is 5.92 Å². The number of rotatable bonds is 3. The molecule has 0 saturated heterocycles. The molecule has 3 nitrogen and oxygen atoms in total. The number of phenols is 1. The number of aromatic hydroxyl groups is 1. The first-order chi connectivity index (χ1) is 9.08. The average Bonchev–Trinajstić information content (AvgIpc) is 2.36. The van der Waals surface area contributed by atoms with Gasteiger partial charge in [-0.25, -0.2) is 4.39 Å². The predicted molar refractivity (Wildman–Crippen MR) is 72.0 cm³/mol. The summed E-state index contributed by atoms with van der Waals surface area (Å²) in [6, 6.07) is 3.82. The Morgan fingerprint density at radius 2 is 2.26 bits per heavy atom. The third-order valence-corrected chi connectivity index (χ3v) is 3.89. The Morgan fingerprint density at radius 1 is 1.47 bits per heavy atom. The Hall–Kier alpha value is -1.29. The van der Waals surface area contributed by atoms with Gasteiger partial charge < -0.3 is 10.4 Å². The molecule has 0 heterocycles. The monoisotopic (exact) mass is 285 g/mol. The number of amides is 1. The Kier molecular flexibility index (Phi) is 4.64. The van der Waals surface area contributed by atoms with Gasteiger partial charge in [0.25, 0.3) is 5.91 Å². The van der Waals surface area contributed by atoms with Crippen molar-refractivity contribution in [3.05, 3.63) is 29.6 Å². The number of benzene rings is 1. The molecule has 2 atom stereocenters. The predicted octanol–water partition coefficient (Wildman–Crippen LogP) is 3.06. The Bertz CT molecular complexity index is 447. The molecule has 1 aromatic rings. The molecule has 2 rings (SSSR count). The fourth-order valence-corrected chi connectivity index (χ4v) is 2.88. The third-order valence-electron chi connectivity index (χ3n) is 3.49. The summed E-state index contributed by atoms with van der Waals surface area (Å²) < 4.78 is 13.5. The first-order valence-electron chi connectivity index (χ1n) is 6.47. The maximum Gasteiger partial charge on any atom is 0.258 e. The van der Waals surface area contributed by atoms with Gasteiger partial charge in [0.2, 0.25) is 0 Å². The molecule has 0 aliphatic heterocycles. The van der Waals surface area contributed by atoms with Crippen molar-refractivity contribution in [2.75, 3.05) is 6.54 Å². The minimum absolute atomic E-state index is 0.164. The zero-order valence-electron chi connectivity index (χ0n) is 10.5. The van der Waals surface area contributed by atoms with Crippen LogP contribution in [0.5, 0.6) is 5.75 Å². The molecule has 104 valence electrons. The van der Waals surface area contributed by atoms with Crippen molar-refractivity contribution in [2.45, 2.75) is 31.1 Å². The summed E-state index contributed by atoms with van der Waals surface area (Å²) in [7, 11) is 0. The molecule has 2 unspecified atom stereocenters. The maximum absolute atomic E-state index is 13.5. The van der Waals surface area contributed by atoms with Crippen LogP contribution in [0.15, 0.2) is 18.2 Å². The second-order valence-corrected chi connectivity index (χ2v) is 5.59. The van der Waals surface area contributed by atoms with Gasteiger partial charge in [0.15, 0.2) is 0 Å². The lowest BCUT2D eigenvalue weighted by Crippen LogP contribution is -2.32. The van der Waals surface area contributed by atoms with Crippen molar-refractivity contribution in [3.8, 4) is 5.75 Å². The number of alkyl halides is 1. The molecule has 1 amide bonds. The summed E-state index contributed by atoms with van der Waals surface area (Å²) in [5.74, 6) is -1.30. The van der Waals surface area contributed by atoms with E-state index >= 15 is 0 Å². The zero-order valence-corrected chi connectivity index (χ0v) is 11.3. The summed E-state index contributed by atoms with van der Waals surface area (Å²) in [5.41, 5.74) is -0.291. The van der Waals surface area contributed by atoms with Crippen LogP contribution in [0, 0.1) is 11.7 Å². The molecular formula is C14H17ClFNO2. The number of halogens is 2. The van der Waals surface area contributed by atoms with Crippen LogP contribution in [0.4, 0.5) is 4.39 Å². The molecule has 0 aromatic heterocycles. The van der Waals surface area contributed by atoms with Crippen LogP contribution < -0.4 is 5.32 Å². The third kappa shape index (κ3) is 3.60. The molecule has 0 spiro atoms. The van der Waals surface area contributed by atoms with Gasteiger partial charge in [-0.15, -0.1) is 11.6 Å². The summed E-state index contributed by atoms with van der Waals surface area (Å²) >= 11 is 6.08. The minimum atomic E-state index is -0.712. The van der Waals surface area contributed by atoms with Crippen molar-refractivity contribution in [1.82, 2.24) is 5.32 Å². The molecule has 1 aliphatic rings. The van der Waals surface area contributed by atoms with E-state index in [0.29, 0.717) is 12.5 Å². The van der Waals surface area contributed by atoms with Gasteiger partial charge in [0.1, 0.15) is 17.1 Å². The van der Waals surface area contributed by atoms with E-state index in [2.05, 4.69) is 5.32 Å². The van der Waals surface area contributed by atoms with E-state index in [4.69, 9.17) is 11.6 Å². The summed E-state index contributed by atoms with van der Waals surface area (Å²) in [6.07, 6.45) is 3.96. The highest BCUT2D eigenvalue weighted by Crippen LogP contribution is 2.27. The molecule has 1 saturated carbocycles. The van der Waals surface area contributed by atoms with E-state index in [1.807, 2.05) is 0 Å². The van der Waals surface area contributed by atoms with E-state index in [1.54, 1.807) is 0 Å². The Labute approximate surface area is 116 Å². The normalized spacial score (nSPS) is 23.1. The van der Waals surface area contributed by atoms with Crippen molar-refractivity contribution < 1.29 is 14.3 Å². The van der Waals surface area contributed by atoms with Gasteiger partial charge in [-0.3, -0.25) is 4.79 Å². The second kappa shape index (κ2) is 6.24. The molecule has 0 bridgehead atoms. The van der Waals surface area contributed by atoms with Gasteiger partial charge in [0.05, 0.1) is 0 Å². The molecule has 5 heteroatoms. The van der Waals surface area contributed by atoms with E-state index < -0.39 is 11.7 Å². The standard InChI is InChI=1S/C14H17ClFNO2/c15-10-4-1-3-9(7-10)8-17-14(19)13-11(16)5-2-6-12(13)18/h2,5-6,9-10,18H,1,3-4,7-8H2,(H,17,19). The SMILES string of the molecule is O=C(NCC1CCCC(Cl)C1)c1c(O)cccc1F. The quantitative estimate of drug-likeness (QED) is 0.839. The van der Waals surface area contributed by atoms with Crippen LogP contribution in [0.1, 0.15) is 36.0 Å². The molecule has 19 heavy (non-hydrogen) atoms. The molecule has 0 radical (unpaired) electrons. The molecule has 2 N–H and O–H groups in total. The van der Waals surface area contributed by atoms with Crippen LogP contribution in [0.2, 0.25) is 0 Å². The van der Waals surface area contributed by atoms with Crippen molar-refractivity contribution in [3.63, 3.8) is 0 Å². The van der Waals surface area contributed by atoms with E-state index in [-0.39, 0.29) is 16.7 Å². The first kappa shape index (κ1) is 14.1. The van der Waals surface area contributed by atoms with Gasteiger partial charge in [-0.1, -0.05) is 12.5 Å². The summed E-state index contributed by atoms with van der Waals surface area (Å²) in [4.78, 5) is 11.9. The fraction of sp³-hybridized carbons (Fsp3) is 0.500. The second-order valence-electron chi connectivity index (χ2n) is 4.97. The van der Waals surface area contributed by atoms with Crippen molar-refractivity contribution >= 4 is 17.5 Å². The number of hydrogen-bond acceptors (Lipinski definition) is 2. The summed E-state index contributed by atoms with van der Waals surface area (Å²) in [5, 5.41) is 12.4. The number of nitrogens with one attached hydrogen (secondary N) is 1. The lowest BCUT2D eigenvalue weighted by Gasteiger charge is -2.25. The topological polar surface area (TPSA) is 49.3 Å². The number of hydrogen-bond donors (Lipinski definition) is 2. The highest BCUT2D eigenvalue weighted by atomic mass is 35.5. The van der Waals surface area contributed by atoms with Gasteiger partial charge in [0, 0.05) is 11.9 Å². The highest BCUT2D eigenvalue weighted by molar-refractivity contribution is 6.20. The first-order valence-corrected chi connectivity index (χ1v) is 6.91. The van der Waals surface area contributed by atoms with E-state index in [0.717, 1.165) is 31.7 Å².